The van der Waals surface area contributed by atoms with Crippen LogP contribution in [0.4, 0.5) is 0 Å². The fourth-order valence-corrected chi connectivity index (χ4v) is 2.78. The van der Waals surface area contributed by atoms with E-state index in [4.69, 9.17) is 0 Å². The van der Waals surface area contributed by atoms with Crippen LogP contribution in [0.1, 0.15) is 27.7 Å². The van der Waals surface area contributed by atoms with E-state index < -0.39 is 0 Å². The van der Waals surface area contributed by atoms with E-state index in [0.29, 0.717) is 0 Å². The summed E-state index contributed by atoms with van der Waals surface area (Å²) < 4.78 is 2.32. The SMILES string of the molecule is CC.CC.c1ccc(-n2c3ccccc3c3ccccc32)cc1. The molecule has 0 spiro atoms. The Morgan fingerprint density at radius 1 is 0.478 bits per heavy atom. The molecule has 0 saturated carbocycles. The summed E-state index contributed by atoms with van der Waals surface area (Å²) in [4.78, 5) is 0. The highest BCUT2D eigenvalue weighted by Crippen LogP contribution is 2.31. The van der Waals surface area contributed by atoms with Gasteiger partial charge in [-0.25, -0.2) is 0 Å². The topological polar surface area (TPSA) is 4.93 Å². The molecule has 0 aliphatic rings. The maximum atomic E-state index is 2.32. The van der Waals surface area contributed by atoms with Gasteiger partial charge in [0.15, 0.2) is 0 Å². The largest absolute Gasteiger partial charge is 0.309 e. The van der Waals surface area contributed by atoms with Gasteiger partial charge in [-0.3, -0.25) is 0 Å². The molecule has 0 fully saturated rings. The Morgan fingerprint density at radius 2 is 0.870 bits per heavy atom. The Labute approximate surface area is 139 Å². The van der Waals surface area contributed by atoms with E-state index in [9.17, 15) is 0 Å². The van der Waals surface area contributed by atoms with Gasteiger partial charge < -0.3 is 4.57 Å². The minimum absolute atomic E-state index is 1.21. The summed E-state index contributed by atoms with van der Waals surface area (Å²) in [6.07, 6.45) is 0. The molecule has 0 aliphatic carbocycles. The first-order chi connectivity index (χ1) is 11.4. The van der Waals surface area contributed by atoms with Crippen LogP contribution in [0.15, 0.2) is 78.9 Å². The molecule has 0 unspecified atom stereocenters. The lowest BCUT2D eigenvalue weighted by Gasteiger charge is -2.06. The van der Waals surface area contributed by atoms with Crippen molar-refractivity contribution in [1.29, 1.82) is 0 Å². The number of benzene rings is 3. The molecule has 4 aromatic rings. The fraction of sp³-hybridized carbons (Fsp3) is 0.182. The molecular formula is C22H25N. The predicted molar refractivity (Wildman–Crippen MR) is 103 cm³/mol. The number of hydrogen-bond acceptors (Lipinski definition) is 0. The number of nitrogens with zero attached hydrogens (tertiary/aromatic N) is 1. The molecule has 0 saturated heterocycles. The van der Waals surface area contributed by atoms with Gasteiger partial charge >= 0.3 is 0 Å². The highest BCUT2D eigenvalue weighted by Gasteiger charge is 2.10. The van der Waals surface area contributed by atoms with Crippen molar-refractivity contribution < 1.29 is 0 Å². The average Bonchev–Trinajstić information content (AvgIpc) is 3.00. The monoisotopic (exact) mass is 303 g/mol. The molecule has 0 bridgehead atoms. The third-order valence-electron chi connectivity index (χ3n) is 3.59. The van der Waals surface area contributed by atoms with Gasteiger partial charge in [-0.15, -0.1) is 0 Å². The Hall–Kier alpha value is -2.54. The van der Waals surface area contributed by atoms with Crippen molar-refractivity contribution in [2.24, 2.45) is 0 Å². The first kappa shape index (κ1) is 16.8. The van der Waals surface area contributed by atoms with E-state index in [-0.39, 0.29) is 0 Å². The summed E-state index contributed by atoms with van der Waals surface area (Å²) >= 11 is 0. The molecule has 118 valence electrons. The van der Waals surface area contributed by atoms with Gasteiger partial charge in [0, 0.05) is 16.5 Å². The molecule has 0 radical (unpaired) electrons. The molecule has 23 heavy (non-hydrogen) atoms. The number of aromatic nitrogens is 1. The summed E-state index contributed by atoms with van der Waals surface area (Å²) in [5.41, 5.74) is 3.73. The van der Waals surface area contributed by atoms with Gasteiger partial charge in [-0.2, -0.15) is 0 Å². The average molecular weight is 303 g/mol. The van der Waals surface area contributed by atoms with Gasteiger partial charge in [0.05, 0.1) is 11.0 Å². The van der Waals surface area contributed by atoms with E-state index in [1.54, 1.807) is 0 Å². The van der Waals surface area contributed by atoms with E-state index in [1.165, 1.54) is 27.5 Å². The first-order valence-electron chi connectivity index (χ1n) is 8.49. The van der Waals surface area contributed by atoms with Gasteiger partial charge in [-0.1, -0.05) is 82.3 Å². The molecule has 0 N–H and O–H groups in total. The molecule has 1 heterocycles. The molecule has 0 aliphatic heterocycles. The lowest BCUT2D eigenvalue weighted by molar-refractivity contribution is 1.18. The van der Waals surface area contributed by atoms with Crippen molar-refractivity contribution in [2.45, 2.75) is 27.7 Å². The first-order valence-corrected chi connectivity index (χ1v) is 8.49. The smallest absolute Gasteiger partial charge is 0.0541 e. The van der Waals surface area contributed by atoms with Crippen LogP contribution in [0.2, 0.25) is 0 Å². The molecule has 1 nitrogen and oxygen atoms in total. The summed E-state index contributed by atoms with van der Waals surface area (Å²) in [6.45, 7) is 8.00. The van der Waals surface area contributed by atoms with Crippen LogP contribution in [0.25, 0.3) is 27.5 Å². The zero-order valence-electron chi connectivity index (χ0n) is 14.5. The highest BCUT2D eigenvalue weighted by atomic mass is 15.0. The summed E-state index contributed by atoms with van der Waals surface area (Å²) in [6, 6.07) is 27.7. The maximum absolute atomic E-state index is 2.32. The van der Waals surface area contributed by atoms with E-state index in [1.807, 2.05) is 27.7 Å². The Morgan fingerprint density at radius 3 is 1.35 bits per heavy atom. The third-order valence-corrected chi connectivity index (χ3v) is 3.59. The second-order valence-electron chi connectivity index (χ2n) is 4.71. The van der Waals surface area contributed by atoms with Crippen LogP contribution in [-0.4, -0.2) is 4.57 Å². The van der Waals surface area contributed by atoms with Crippen LogP contribution in [0.3, 0.4) is 0 Å². The van der Waals surface area contributed by atoms with Crippen LogP contribution in [0.5, 0.6) is 0 Å². The van der Waals surface area contributed by atoms with Crippen molar-refractivity contribution in [3.63, 3.8) is 0 Å². The lowest BCUT2D eigenvalue weighted by Crippen LogP contribution is -1.92. The molecule has 1 heteroatoms. The quantitative estimate of drug-likeness (QED) is 0.363. The highest BCUT2D eigenvalue weighted by molar-refractivity contribution is 6.09. The second kappa shape index (κ2) is 8.19. The molecule has 0 amide bonds. The van der Waals surface area contributed by atoms with Crippen LogP contribution in [-0.2, 0) is 0 Å². The van der Waals surface area contributed by atoms with Crippen LogP contribution >= 0.6 is 0 Å². The minimum atomic E-state index is 1.21. The van der Waals surface area contributed by atoms with Gasteiger partial charge in [0.25, 0.3) is 0 Å². The Kier molecular flexibility index (Phi) is 5.99. The zero-order chi connectivity index (χ0) is 16.7. The Balaban J connectivity index is 0.000000448. The molecule has 3 aromatic carbocycles. The van der Waals surface area contributed by atoms with Crippen molar-refractivity contribution in [3.05, 3.63) is 78.9 Å². The predicted octanol–water partition coefficient (Wildman–Crippen LogP) is 6.84. The van der Waals surface area contributed by atoms with E-state index in [2.05, 4.69) is 83.4 Å². The normalized spacial score (nSPS) is 9.74. The molecule has 1 aromatic heterocycles. The van der Waals surface area contributed by atoms with Crippen molar-refractivity contribution in [1.82, 2.24) is 4.57 Å². The lowest BCUT2D eigenvalue weighted by atomic mass is 10.2. The number of rotatable bonds is 1. The maximum Gasteiger partial charge on any atom is 0.0541 e. The van der Waals surface area contributed by atoms with Gasteiger partial charge in [0.1, 0.15) is 0 Å². The molecule has 4 rings (SSSR count). The third kappa shape index (κ3) is 3.14. The molecular weight excluding hydrogens is 278 g/mol. The van der Waals surface area contributed by atoms with Gasteiger partial charge in [0.2, 0.25) is 0 Å². The zero-order valence-corrected chi connectivity index (χ0v) is 14.5. The van der Waals surface area contributed by atoms with Crippen LogP contribution < -0.4 is 0 Å². The van der Waals surface area contributed by atoms with Crippen molar-refractivity contribution in [2.75, 3.05) is 0 Å². The summed E-state index contributed by atoms with van der Waals surface area (Å²) in [7, 11) is 0. The van der Waals surface area contributed by atoms with E-state index >= 15 is 0 Å². The number of hydrogen-bond donors (Lipinski definition) is 0. The van der Waals surface area contributed by atoms with Crippen molar-refractivity contribution in [3.8, 4) is 5.69 Å². The Bertz CT molecular complexity index is 804. The number of para-hydroxylation sites is 3. The second-order valence-corrected chi connectivity index (χ2v) is 4.71. The summed E-state index contributed by atoms with van der Waals surface area (Å²) in [5.74, 6) is 0. The minimum Gasteiger partial charge on any atom is -0.309 e. The summed E-state index contributed by atoms with van der Waals surface area (Å²) in [5, 5.41) is 2.61. The number of fused-ring (bicyclic) bond motifs is 3. The van der Waals surface area contributed by atoms with Gasteiger partial charge in [-0.05, 0) is 24.3 Å². The standard InChI is InChI=1S/C18H13N.2C2H6/c1-2-8-14(9-3-1)19-17-12-6-4-10-15(17)16-11-5-7-13-18(16)19;2*1-2/h1-13H;2*1-2H3. The molecule has 0 atom stereocenters. The fourth-order valence-electron chi connectivity index (χ4n) is 2.78. The van der Waals surface area contributed by atoms with E-state index in [0.717, 1.165) is 0 Å². The van der Waals surface area contributed by atoms with Crippen LogP contribution in [0, 0.1) is 0 Å². The van der Waals surface area contributed by atoms with Crippen molar-refractivity contribution >= 4 is 21.8 Å².